The summed E-state index contributed by atoms with van der Waals surface area (Å²) in [7, 11) is 3.11. The maximum absolute atomic E-state index is 13.7. The van der Waals surface area contributed by atoms with Crippen molar-refractivity contribution in [1.29, 1.82) is 0 Å². The monoisotopic (exact) mass is 417 g/mol. The van der Waals surface area contributed by atoms with E-state index in [-0.39, 0.29) is 18.7 Å². The average Bonchev–Trinajstić information content (AvgIpc) is 2.71. The lowest BCUT2D eigenvalue weighted by molar-refractivity contribution is 0.224. The molecule has 0 saturated carbocycles. The highest BCUT2D eigenvalue weighted by atomic mass is 19.2. The number of hydrogen-bond acceptors (Lipinski definition) is 3. The van der Waals surface area contributed by atoms with Crippen LogP contribution in [0.15, 0.2) is 59.4 Å². The van der Waals surface area contributed by atoms with Crippen LogP contribution in [0.4, 0.5) is 18.9 Å². The Morgan fingerprint density at radius 1 is 1.10 bits per heavy atom. The third-order valence-corrected chi connectivity index (χ3v) is 4.57. The number of nitrogens with zero attached hydrogens (tertiary/aromatic N) is 2. The normalized spacial score (nSPS) is 15.3. The molecule has 0 aromatic heterocycles. The van der Waals surface area contributed by atoms with Gasteiger partial charge in [0.15, 0.2) is 17.5 Å². The van der Waals surface area contributed by atoms with Crippen LogP contribution >= 0.6 is 0 Å². The highest BCUT2D eigenvalue weighted by Gasteiger charge is 2.21. The second kappa shape index (κ2) is 9.04. The maximum Gasteiger partial charge on any atom is 0.208 e. The summed E-state index contributed by atoms with van der Waals surface area (Å²) in [5.74, 6) is -2.97. The summed E-state index contributed by atoms with van der Waals surface area (Å²) in [6.07, 6.45) is 1.73. The van der Waals surface area contributed by atoms with Gasteiger partial charge in [-0.2, -0.15) is 0 Å². The van der Waals surface area contributed by atoms with Gasteiger partial charge in [-0.1, -0.05) is 12.6 Å². The van der Waals surface area contributed by atoms with Crippen molar-refractivity contribution in [3.8, 4) is 5.75 Å². The zero-order valence-electron chi connectivity index (χ0n) is 16.9. The topological polar surface area (TPSA) is 46.1 Å². The molecule has 0 fully saturated rings. The molecule has 1 aliphatic heterocycles. The van der Waals surface area contributed by atoms with Gasteiger partial charge in [-0.25, -0.2) is 18.2 Å². The van der Waals surface area contributed by atoms with Crippen molar-refractivity contribution in [1.82, 2.24) is 10.2 Å². The summed E-state index contributed by atoms with van der Waals surface area (Å²) in [6, 6.07) is 7.39. The number of rotatable bonds is 6. The lowest BCUT2D eigenvalue weighted by Crippen LogP contribution is -2.42. The number of halogens is 3. The SMILES string of the molecule is C=C1NC(=Nc2cc(OC)ccc2C)N(Cc2cc(F)c(F)c(F)c2)C=C1COC. The minimum absolute atomic E-state index is 0.0451. The van der Waals surface area contributed by atoms with Crippen LogP contribution in [0, 0.1) is 24.4 Å². The van der Waals surface area contributed by atoms with E-state index in [1.807, 2.05) is 19.1 Å². The molecule has 0 saturated heterocycles. The predicted molar refractivity (Wildman–Crippen MR) is 109 cm³/mol. The van der Waals surface area contributed by atoms with Crippen molar-refractivity contribution in [2.75, 3.05) is 20.8 Å². The minimum Gasteiger partial charge on any atom is -0.497 e. The number of benzene rings is 2. The van der Waals surface area contributed by atoms with Gasteiger partial charge >= 0.3 is 0 Å². The molecule has 3 rings (SSSR count). The first-order valence-electron chi connectivity index (χ1n) is 9.11. The number of nitrogens with one attached hydrogen (secondary N) is 1. The predicted octanol–water partition coefficient (Wildman–Crippen LogP) is 4.56. The molecule has 1 aliphatic rings. The molecule has 158 valence electrons. The quantitative estimate of drug-likeness (QED) is 0.700. The van der Waals surface area contributed by atoms with E-state index in [1.165, 1.54) is 0 Å². The van der Waals surface area contributed by atoms with Crippen LogP contribution in [-0.2, 0) is 11.3 Å². The first-order valence-corrected chi connectivity index (χ1v) is 9.11. The Morgan fingerprint density at radius 2 is 1.80 bits per heavy atom. The zero-order chi connectivity index (χ0) is 21.8. The molecule has 0 aliphatic carbocycles. The zero-order valence-corrected chi connectivity index (χ0v) is 16.9. The Kier molecular flexibility index (Phi) is 6.47. The van der Waals surface area contributed by atoms with E-state index in [9.17, 15) is 13.2 Å². The minimum atomic E-state index is -1.50. The fraction of sp³-hybridized carbons (Fsp3) is 0.227. The lowest BCUT2D eigenvalue weighted by atomic mass is 10.1. The molecule has 1 heterocycles. The van der Waals surface area contributed by atoms with Gasteiger partial charge in [0.2, 0.25) is 5.96 Å². The largest absolute Gasteiger partial charge is 0.497 e. The van der Waals surface area contributed by atoms with Gasteiger partial charge < -0.3 is 19.7 Å². The van der Waals surface area contributed by atoms with Crippen molar-refractivity contribution in [3.05, 3.63) is 83.0 Å². The number of hydrogen-bond donors (Lipinski definition) is 1. The maximum atomic E-state index is 13.7. The molecule has 8 heteroatoms. The Hall–Kier alpha value is -3.26. The van der Waals surface area contributed by atoms with E-state index in [2.05, 4.69) is 16.9 Å². The lowest BCUT2D eigenvalue weighted by Gasteiger charge is -2.31. The number of aliphatic imine (C=N–C) groups is 1. The van der Waals surface area contributed by atoms with Gasteiger partial charge in [-0.3, -0.25) is 0 Å². The van der Waals surface area contributed by atoms with Gasteiger partial charge in [0.05, 0.1) is 25.9 Å². The standard InChI is InChI=1S/C22H22F3N3O2/c1-13-5-6-17(30-4)9-20(13)27-22-26-14(2)16(12-29-3)11-28(22)10-15-7-18(23)21(25)19(24)8-15/h5-9,11H,2,10,12H2,1,3-4H3,(H,26,27). The van der Waals surface area contributed by atoms with E-state index >= 15 is 0 Å². The molecule has 0 unspecified atom stereocenters. The summed E-state index contributed by atoms with van der Waals surface area (Å²) < 4.78 is 51.2. The third kappa shape index (κ3) is 4.65. The van der Waals surface area contributed by atoms with Crippen molar-refractivity contribution < 1.29 is 22.6 Å². The molecule has 0 atom stereocenters. The van der Waals surface area contributed by atoms with Crippen LogP contribution in [0.1, 0.15) is 11.1 Å². The molecule has 0 radical (unpaired) electrons. The molecule has 5 nitrogen and oxygen atoms in total. The number of methoxy groups -OCH3 is 2. The molecular weight excluding hydrogens is 395 g/mol. The summed E-state index contributed by atoms with van der Waals surface area (Å²) in [4.78, 5) is 6.32. The van der Waals surface area contributed by atoms with Crippen LogP contribution in [0.5, 0.6) is 5.75 Å². The van der Waals surface area contributed by atoms with Crippen molar-refractivity contribution in [2.45, 2.75) is 13.5 Å². The smallest absolute Gasteiger partial charge is 0.208 e. The van der Waals surface area contributed by atoms with E-state index < -0.39 is 17.5 Å². The Labute approximate surface area is 173 Å². The molecule has 0 amide bonds. The second-order valence-corrected chi connectivity index (χ2v) is 6.78. The Bertz CT molecular complexity index is 1010. The van der Waals surface area contributed by atoms with E-state index in [0.29, 0.717) is 23.1 Å². The second-order valence-electron chi connectivity index (χ2n) is 6.78. The third-order valence-electron chi connectivity index (χ3n) is 4.57. The van der Waals surface area contributed by atoms with Crippen LogP contribution in [0.25, 0.3) is 0 Å². The summed E-state index contributed by atoms with van der Waals surface area (Å²) in [6.45, 7) is 6.21. The van der Waals surface area contributed by atoms with Gasteiger partial charge in [0, 0.05) is 30.6 Å². The highest BCUT2D eigenvalue weighted by molar-refractivity contribution is 5.87. The van der Waals surface area contributed by atoms with E-state index in [1.54, 1.807) is 31.4 Å². The fourth-order valence-electron chi connectivity index (χ4n) is 2.95. The fourth-order valence-corrected chi connectivity index (χ4v) is 2.95. The van der Waals surface area contributed by atoms with Gasteiger partial charge in [-0.15, -0.1) is 0 Å². The molecule has 0 bridgehead atoms. The van der Waals surface area contributed by atoms with Crippen LogP contribution < -0.4 is 10.1 Å². The van der Waals surface area contributed by atoms with Crippen molar-refractivity contribution in [2.24, 2.45) is 4.99 Å². The summed E-state index contributed by atoms with van der Waals surface area (Å²) in [5, 5.41) is 3.11. The Morgan fingerprint density at radius 3 is 2.43 bits per heavy atom. The molecule has 0 spiro atoms. The molecule has 1 N–H and O–H groups in total. The highest BCUT2D eigenvalue weighted by Crippen LogP contribution is 2.27. The number of guanidine groups is 1. The summed E-state index contributed by atoms with van der Waals surface area (Å²) >= 11 is 0. The van der Waals surface area contributed by atoms with Crippen LogP contribution in [0.3, 0.4) is 0 Å². The molecule has 2 aromatic carbocycles. The van der Waals surface area contributed by atoms with Crippen molar-refractivity contribution >= 4 is 11.6 Å². The first kappa shape index (κ1) is 21.4. The van der Waals surface area contributed by atoms with Gasteiger partial charge in [-0.05, 0) is 36.2 Å². The number of aryl methyl sites for hydroxylation is 1. The van der Waals surface area contributed by atoms with Gasteiger partial charge in [0.1, 0.15) is 5.75 Å². The molecular formula is C22H22F3N3O2. The van der Waals surface area contributed by atoms with E-state index in [4.69, 9.17) is 9.47 Å². The van der Waals surface area contributed by atoms with Crippen LogP contribution in [0.2, 0.25) is 0 Å². The van der Waals surface area contributed by atoms with Gasteiger partial charge in [0.25, 0.3) is 0 Å². The average molecular weight is 417 g/mol. The van der Waals surface area contributed by atoms with Crippen LogP contribution in [-0.4, -0.2) is 31.7 Å². The first-order chi connectivity index (χ1) is 14.3. The Balaban J connectivity index is 2.03. The number of ether oxygens (including phenoxy) is 2. The summed E-state index contributed by atoms with van der Waals surface area (Å²) in [5.41, 5.74) is 3.12. The van der Waals surface area contributed by atoms with Crippen molar-refractivity contribution in [3.63, 3.8) is 0 Å². The molecule has 2 aromatic rings. The molecule has 30 heavy (non-hydrogen) atoms. The van der Waals surface area contributed by atoms with E-state index in [0.717, 1.165) is 23.3 Å².